The lowest BCUT2D eigenvalue weighted by Crippen LogP contribution is -2.07. The Morgan fingerprint density at radius 2 is 1.96 bits per heavy atom. The quantitative estimate of drug-likeness (QED) is 0.747. The smallest absolute Gasteiger partial charge is 0.335 e. The van der Waals surface area contributed by atoms with E-state index in [4.69, 9.17) is 14.3 Å². The van der Waals surface area contributed by atoms with Crippen LogP contribution in [0.3, 0.4) is 0 Å². The van der Waals surface area contributed by atoms with Crippen LogP contribution in [0.4, 0.5) is 0 Å². The van der Waals surface area contributed by atoms with E-state index in [9.17, 15) is 9.59 Å². The largest absolute Gasteiger partial charge is 0.478 e. The molecule has 1 aromatic heterocycles. The summed E-state index contributed by atoms with van der Waals surface area (Å²) in [5.74, 6) is -1.08. The number of benzene rings is 2. The Hall–Kier alpha value is -2.66. The lowest BCUT2D eigenvalue weighted by atomic mass is 10.0. The number of aromatic carboxylic acids is 1. The second-order valence-corrected chi connectivity index (χ2v) is 5.54. The van der Waals surface area contributed by atoms with Crippen LogP contribution < -0.4 is 5.43 Å². The van der Waals surface area contributed by atoms with E-state index in [1.54, 1.807) is 13.2 Å². The number of carboxylic acids is 1. The number of carbonyl (C=O) groups is 1. The molecule has 1 unspecified atom stereocenters. The van der Waals surface area contributed by atoms with Crippen molar-refractivity contribution in [3.63, 3.8) is 0 Å². The second-order valence-electron chi connectivity index (χ2n) is 5.54. The topological polar surface area (TPSA) is 76.7 Å². The van der Waals surface area contributed by atoms with E-state index in [0.29, 0.717) is 16.6 Å². The fourth-order valence-electron chi connectivity index (χ4n) is 2.66. The number of fused-ring (bicyclic) bond motifs is 2. The average molecular weight is 312 g/mol. The summed E-state index contributed by atoms with van der Waals surface area (Å²) < 4.78 is 11.1. The van der Waals surface area contributed by atoms with Crippen LogP contribution in [0.25, 0.3) is 21.9 Å². The molecule has 3 aromatic rings. The van der Waals surface area contributed by atoms with E-state index in [1.165, 1.54) is 18.2 Å². The molecule has 0 saturated heterocycles. The van der Waals surface area contributed by atoms with E-state index in [1.807, 2.05) is 19.9 Å². The first kappa shape index (κ1) is 15.2. The number of carboxylic acid groups (broad SMARTS) is 1. The molecule has 0 aliphatic carbocycles. The Balaban J connectivity index is 2.40. The molecule has 2 aromatic carbocycles. The molecule has 1 heterocycles. The number of rotatable bonds is 3. The molecule has 1 atom stereocenters. The maximum Gasteiger partial charge on any atom is 0.335 e. The van der Waals surface area contributed by atoms with Crippen molar-refractivity contribution in [1.82, 2.24) is 0 Å². The molecule has 0 saturated carbocycles. The predicted molar refractivity (Wildman–Crippen MR) is 87.1 cm³/mol. The molecule has 0 amide bonds. The summed E-state index contributed by atoms with van der Waals surface area (Å²) in [4.78, 5) is 23.9. The van der Waals surface area contributed by atoms with Gasteiger partial charge in [-0.2, -0.15) is 0 Å². The molecule has 3 rings (SSSR count). The Kier molecular flexibility index (Phi) is 3.66. The number of hydrogen-bond acceptors (Lipinski definition) is 4. The first-order chi connectivity index (χ1) is 10.9. The van der Waals surface area contributed by atoms with E-state index in [2.05, 4.69) is 0 Å². The molecular formula is C18H16O5. The van der Waals surface area contributed by atoms with Crippen molar-refractivity contribution >= 4 is 27.9 Å². The van der Waals surface area contributed by atoms with Crippen LogP contribution >= 0.6 is 0 Å². The summed E-state index contributed by atoms with van der Waals surface area (Å²) >= 11 is 0. The van der Waals surface area contributed by atoms with E-state index in [-0.39, 0.29) is 22.5 Å². The zero-order valence-electron chi connectivity index (χ0n) is 13.0. The van der Waals surface area contributed by atoms with Crippen LogP contribution in [0.5, 0.6) is 0 Å². The van der Waals surface area contributed by atoms with E-state index < -0.39 is 5.97 Å². The van der Waals surface area contributed by atoms with Crippen LogP contribution in [0.2, 0.25) is 0 Å². The summed E-state index contributed by atoms with van der Waals surface area (Å²) in [6.07, 6.45) is -0.154. The fraction of sp³-hybridized carbons (Fsp3) is 0.222. The van der Waals surface area contributed by atoms with Crippen LogP contribution in [0.15, 0.2) is 39.5 Å². The number of methoxy groups -OCH3 is 1. The second kappa shape index (κ2) is 5.52. The highest BCUT2D eigenvalue weighted by Crippen LogP contribution is 2.27. The molecule has 0 fully saturated rings. The van der Waals surface area contributed by atoms with Crippen LogP contribution in [-0.2, 0) is 4.74 Å². The van der Waals surface area contributed by atoms with Gasteiger partial charge >= 0.3 is 5.97 Å². The molecule has 0 bridgehead atoms. The maximum absolute atomic E-state index is 12.8. The molecule has 5 nitrogen and oxygen atoms in total. The van der Waals surface area contributed by atoms with Gasteiger partial charge in [0, 0.05) is 7.11 Å². The summed E-state index contributed by atoms with van der Waals surface area (Å²) in [6.45, 7) is 3.76. The minimum atomic E-state index is -1.08. The highest BCUT2D eigenvalue weighted by molar-refractivity contribution is 5.96. The Morgan fingerprint density at radius 1 is 1.22 bits per heavy atom. The normalized spacial score (nSPS) is 12.7. The van der Waals surface area contributed by atoms with Crippen molar-refractivity contribution in [3.8, 4) is 0 Å². The Morgan fingerprint density at radius 3 is 2.61 bits per heavy atom. The van der Waals surface area contributed by atoms with Gasteiger partial charge in [-0.05, 0) is 55.3 Å². The fourth-order valence-corrected chi connectivity index (χ4v) is 2.66. The van der Waals surface area contributed by atoms with Gasteiger partial charge in [0.15, 0.2) is 0 Å². The van der Waals surface area contributed by atoms with E-state index >= 15 is 0 Å². The van der Waals surface area contributed by atoms with Crippen molar-refractivity contribution in [2.45, 2.75) is 20.0 Å². The molecular weight excluding hydrogens is 296 g/mol. The number of ether oxygens (including phenoxy) is 1. The van der Waals surface area contributed by atoms with Gasteiger partial charge in [-0.3, -0.25) is 4.79 Å². The zero-order valence-corrected chi connectivity index (χ0v) is 13.0. The maximum atomic E-state index is 12.8. The SMILES string of the molecule is COC(C)c1cc(C)c2oc3ccc(C(=O)O)cc3c(=O)c2c1. The number of hydrogen-bond donors (Lipinski definition) is 1. The highest BCUT2D eigenvalue weighted by atomic mass is 16.5. The van der Waals surface area contributed by atoms with Gasteiger partial charge in [-0.1, -0.05) is 0 Å². The minimum Gasteiger partial charge on any atom is -0.478 e. The highest BCUT2D eigenvalue weighted by Gasteiger charge is 2.15. The summed E-state index contributed by atoms with van der Waals surface area (Å²) in [7, 11) is 1.60. The van der Waals surface area contributed by atoms with Gasteiger partial charge in [0.25, 0.3) is 0 Å². The van der Waals surface area contributed by atoms with Crippen molar-refractivity contribution < 1.29 is 19.1 Å². The number of aryl methyl sites for hydroxylation is 1. The molecule has 1 N–H and O–H groups in total. The van der Waals surface area contributed by atoms with Crippen molar-refractivity contribution in [2.24, 2.45) is 0 Å². The van der Waals surface area contributed by atoms with Crippen LogP contribution in [0, 0.1) is 6.92 Å². The lowest BCUT2D eigenvalue weighted by Gasteiger charge is -2.12. The lowest BCUT2D eigenvalue weighted by molar-refractivity contribution is 0.0697. The van der Waals surface area contributed by atoms with Gasteiger partial charge in [-0.15, -0.1) is 0 Å². The monoisotopic (exact) mass is 312 g/mol. The van der Waals surface area contributed by atoms with Crippen molar-refractivity contribution in [1.29, 1.82) is 0 Å². The standard InChI is InChI=1S/C18H16O5/c1-9-6-12(10(2)22-3)8-14-16(19)13-7-11(18(20)21)4-5-15(13)23-17(9)14/h4-8,10H,1-3H3,(H,20,21). The molecule has 0 aliphatic heterocycles. The summed E-state index contributed by atoms with van der Waals surface area (Å²) in [5, 5.41) is 9.78. The van der Waals surface area contributed by atoms with Gasteiger partial charge < -0.3 is 14.3 Å². The molecule has 118 valence electrons. The summed E-state index contributed by atoms with van der Waals surface area (Å²) in [6, 6.07) is 7.97. The Bertz CT molecular complexity index is 984. The van der Waals surface area contributed by atoms with Gasteiger partial charge in [0.1, 0.15) is 11.2 Å². The third-order valence-corrected chi connectivity index (χ3v) is 4.05. The van der Waals surface area contributed by atoms with Crippen molar-refractivity contribution in [2.75, 3.05) is 7.11 Å². The van der Waals surface area contributed by atoms with Crippen LogP contribution in [-0.4, -0.2) is 18.2 Å². The zero-order chi connectivity index (χ0) is 16.7. The third-order valence-electron chi connectivity index (χ3n) is 4.05. The first-order valence-corrected chi connectivity index (χ1v) is 7.19. The third kappa shape index (κ3) is 2.49. The molecule has 23 heavy (non-hydrogen) atoms. The van der Waals surface area contributed by atoms with Gasteiger partial charge in [0.05, 0.1) is 22.4 Å². The van der Waals surface area contributed by atoms with E-state index in [0.717, 1.165) is 11.1 Å². The molecule has 0 aliphatic rings. The first-order valence-electron chi connectivity index (χ1n) is 7.19. The molecule has 5 heteroatoms. The Labute approximate surface area is 132 Å². The van der Waals surface area contributed by atoms with Crippen molar-refractivity contribution in [3.05, 3.63) is 57.2 Å². The van der Waals surface area contributed by atoms with Gasteiger partial charge in [-0.25, -0.2) is 4.79 Å². The molecule has 0 spiro atoms. The summed E-state index contributed by atoms with van der Waals surface area (Å²) in [5.41, 5.74) is 2.42. The van der Waals surface area contributed by atoms with Crippen LogP contribution in [0.1, 0.15) is 34.5 Å². The predicted octanol–water partition coefficient (Wildman–Crippen LogP) is 3.66. The average Bonchev–Trinajstić information content (AvgIpc) is 2.54. The molecule has 0 radical (unpaired) electrons. The minimum absolute atomic E-state index is 0.0577. The van der Waals surface area contributed by atoms with Gasteiger partial charge in [0.2, 0.25) is 5.43 Å².